The van der Waals surface area contributed by atoms with E-state index in [4.69, 9.17) is 4.74 Å². The monoisotopic (exact) mass is 413 g/mol. The van der Waals surface area contributed by atoms with Gasteiger partial charge in [-0.25, -0.2) is 4.98 Å². The molecule has 0 N–H and O–H groups in total. The predicted molar refractivity (Wildman–Crippen MR) is 116 cm³/mol. The van der Waals surface area contributed by atoms with Crippen LogP contribution in [0.15, 0.2) is 30.3 Å². The third-order valence-corrected chi connectivity index (χ3v) is 7.06. The van der Waals surface area contributed by atoms with Crippen LogP contribution in [0.25, 0.3) is 0 Å². The van der Waals surface area contributed by atoms with Gasteiger partial charge in [0, 0.05) is 32.7 Å². The van der Waals surface area contributed by atoms with Crippen molar-refractivity contribution in [3.8, 4) is 0 Å². The molecule has 1 aromatic heterocycles. The number of carbonyl (C=O) groups excluding carboxylic acids is 1. The van der Waals surface area contributed by atoms with E-state index in [9.17, 15) is 4.79 Å². The van der Waals surface area contributed by atoms with Crippen molar-refractivity contribution in [1.82, 2.24) is 14.8 Å². The Morgan fingerprint density at radius 2 is 1.66 bits per heavy atom. The zero-order valence-electron chi connectivity index (χ0n) is 17.5. The Bertz CT molecular complexity index is 807. The van der Waals surface area contributed by atoms with Gasteiger partial charge in [-0.15, -0.1) is 11.3 Å². The van der Waals surface area contributed by atoms with Crippen molar-refractivity contribution >= 4 is 17.2 Å². The average molecular weight is 414 g/mol. The number of hydrogen-bond acceptors (Lipinski definition) is 5. The van der Waals surface area contributed by atoms with Crippen LogP contribution in [0.5, 0.6) is 0 Å². The Kier molecular flexibility index (Phi) is 6.63. The van der Waals surface area contributed by atoms with Crippen LogP contribution in [-0.4, -0.2) is 59.1 Å². The summed E-state index contributed by atoms with van der Waals surface area (Å²) in [4.78, 5) is 22.5. The molecule has 0 radical (unpaired) electrons. The highest BCUT2D eigenvalue weighted by molar-refractivity contribution is 7.13. The summed E-state index contributed by atoms with van der Waals surface area (Å²) in [6.07, 6.45) is 4.73. The van der Waals surface area contributed by atoms with Crippen molar-refractivity contribution in [1.29, 1.82) is 0 Å². The van der Waals surface area contributed by atoms with Gasteiger partial charge in [-0.2, -0.15) is 0 Å². The normalized spacial score (nSPS) is 19.6. The number of hydrogen-bond donors (Lipinski definition) is 0. The van der Waals surface area contributed by atoms with Gasteiger partial charge in [0.05, 0.1) is 22.9 Å². The molecule has 0 atom stereocenters. The summed E-state index contributed by atoms with van der Waals surface area (Å²) in [5.74, 6) is 0.140. The molecular formula is C23H31N3O2S. The quantitative estimate of drug-likeness (QED) is 0.742. The summed E-state index contributed by atoms with van der Waals surface area (Å²) < 4.78 is 6.42. The van der Waals surface area contributed by atoms with Crippen molar-refractivity contribution in [3.63, 3.8) is 0 Å². The maximum atomic E-state index is 12.8. The van der Waals surface area contributed by atoms with Crippen molar-refractivity contribution in [2.75, 3.05) is 26.2 Å². The molecule has 1 aromatic carbocycles. The molecule has 0 bridgehead atoms. The van der Waals surface area contributed by atoms with E-state index >= 15 is 0 Å². The molecule has 5 nitrogen and oxygen atoms in total. The number of amides is 1. The van der Waals surface area contributed by atoms with Crippen LogP contribution in [0.4, 0.5) is 0 Å². The molecule has 0 unspecified atom stereocenters. The molecule has 0 aliphatic carbocycles. The van der Waals surface area contributed by atoms with Crippen LogP contribution in [0.3, 0.4) is 0 Å². The van der Waals surface area contributed by atoms with E-state index in [0.717, 1.165) is 74.0 Å². The molecule has 1 amide bonds. The zero-order valence-corrected chi connectivity index (χ0v) is 18.3. The van der Waals surface area contributed by atoms with Crippen LogP contribution in [0.1, 0.15) is 51.6 Å². The van der Waals surface area contributed by atoms with Gasteiger partial charge in [0.15, 0.2) is 0 Å². The molecule has 0 saturated carbocycles. The van der Waals surface area contributed by atoms with E-state index in [0.29, 0.717) is 6.10 Å². The van der Waals surface area contributed by atoms with E-state index in [2.05, 4.69) is 40.2 Å². The molecule has 2 saturated heterocycles. The van der Waals surface area contributed by atoms with Crippen LogP contribution >= 0.6 is 11.3 Å². The molecule has 2 aromatic rings. The third kappa shape index (κ3) is 5.24. The lowest BCUT2D eigenvalue weighted by Gasteiger charge is -2.37. The molecule has 156 valence electrons. The number of carbonyl (C=O) groups is 1. The fraction of sp³-hybridized carbons (Fsp3) is 0.565. The average Bonchev–Trinajstić information content (AvgIpc) is 3.08. The van der Waals surface area contributed by atoms with Gasteiger partial charge in [0.2, 0.25) is 0 Å². The SMILES string of the molecule is Cc1nc(C)c(C(=O)N2CCC(OC3CCN(Cc4ccccc4)CC3)CC2)s1. The summed E-state index contributed by atoms with van der Waals surface area (Å²) in [7, 11) is 0. The summed E-state index contributed by atoms with van der Waals surface area (Å²) >= 11 is 1.51. The lowest BCUT2D eigenvalue weighted by atomic mass is 10.0. The first-order valence-corrected chi connectivity index (χ1v) is 11.5. The fourth-order valence-electron chi connectivity index (χ4n) is 4.39. The first-order valence-electron chi connectivity index (χ1n) is 10.7. The highest BCUT2D eigenvalue weighted by Gasteiger charge is 2.29. The van der Waals surface area contributed by atoms with Gasteiger partial charge >= 0.3 is 0 Å². The van der Waals surface area contributed by atoms with Crippen molar-refractivity contribution in [2.24, 2.45) is 0 Å². The Morgan fingerprint density at radius 1 is 1.03 bits per heavy atom. The number of nitrogens with zero attached hydrogens (tertiary/aromatic N) is 3. The van der Waals surface area contributed by atoms with Gasteiger partial charge in [-0.3, -0.25) is 9.69 Å². The van der Waals surface area contributed by atoms with Crippen LogP contribution in [0.2, 0.25) is 0 Å². The second kappa shape index (κ2) is 9.37. The molecular weight excluding hydrogens is 382 g/mol. The van der Waals surface area contributed by atoms with E-state index in [1.807, 2.05) is 18.7 Å². The van der Waals surface area contributed by atoms with Gasteiger partial charge in [0.25, 0.3) is 5.91 Å². The number of aromatic nitrogens is 1. The first kappa shape index (κ1) is 20.5. The van der Waals surface area contributed by atoms with Crippen molar-refractivity contribution in [3.05, 3.63) is 51.5 Å². The molecule has 29 heavy (non-hydrogen) atoms. The van der Waals surface area contributed by atoms with Crippen LogP contribution < -0.4 is 0 Å². The molecule has 0 spiro atoms. The Balaban J connectivity index is 1.19. The smallest absolute Gasteiger partial charge is 0.265 e. The number of likely N-dealkylation sites (tertiary alicyclic amines) is 2. The predicted octanol–water partition coefficient (Wildman–Crippen LogP) is 4.05. The number of benzene rings is 1. The standard InChI is InChI=1S/C23H31N3O2S/c1-17-22(29-18(2)24-17)23(27)26-14-10-21(11-15-26)28-20-8-12-25(13-9-20)16-19-6-4-3-5-7-19/h3-7,20-21H,8-16H2,1-2H3. The van der Waals surface area contributed by atoms with Crippen molar-refractivity contribution in [2.45, 2.75) is 58.3 Å². The summed E-state index contributed by atoms with van der Waals surface area (Å²) in [5.41, 5.74) is 2.24. The van der Waals surface area contributed by atoms with Crippen molar-refractivity contribution < 1.29 is 9.53 Å². The Morgan fingerprint density at radius 3 is 2.24 bits per heavy atom. The maximum Gasteiger partial charge on any atom is 0.265 e. The lowest BCUT2D eigenvalue weighted by Crippen LogP contribution is -2.43. The second-order valence-electron chi connectivity index (χ2n) is 8.24. The van der Waals surface area contributed by atoms with Crippen LogP contribution in [0, 0.1) is 13.8 Å². The van der Waals surface area contributed by atoms with Gasteiger partial charge in [0.1, 0.15) is 4.88 Å². The minimum atomic E-state index is 0.140. The Labute approximate surface area is 177 Å². The number of piperidine rings is 2. The van der Waals surface area contributed by atoms with Gasteiger partial charge in [-0.05, 0) is 45.1 Å². The molecule has 2 fully saturated rings. The van der Waals surface area contributed by atoms with E-state index < -0.39 is 0 Å². The summed E-state index contributed by atoms with van der Waals surface area (Å²) in [6.45, 7) is 8.68. The Hall–Kier alpha value is -1.76. The largest absolute Gasteiger partial charge is 0.375 e. The third-order valence-electron chi connectivity index (χ3n) is 6.00. The minimum Gasteiger partial charge on any atom is -0.375 e. The highest BCUT2D eigenvalue weighted by Crippen LogP contribution is 2.25. The zero-order chi connectivity index (χ0) is 20.2. The number of ether oxygens (including phenoxy) is 1. The summed E-state index contributed by atoms with van der Waals surface area (Å²) in [5, 5.41) is 0.961. The van der Waals surface area contributed by atoms with Gasteiger partial charge in [-0.1, -0.05) is 30.3 Å². The minimum absolute atomic E-state index is 0.140. The molecule has 2 aliphatic heterocycles. The molecule has 3 heterocycles. The van der Waals surface area contributed by atoms with E-state index in [1.54, 1.807) is 0 Å². The topological polar surface area (TPSA) is 45.7 Å². The number of aryl methyl sites for hydroxylation is 2. The molecule has 6 heteroatoms. The molecule has 4 rings (SSSR count). The van der Waals surface area contributed by atoms with Crippen LogP contribution in [-0.2, 0) is 11.3 Å². The van der Waals surface area contributed by atoms with Gasteiger partial charge < -0.3 is 9.64 Å². The lowest BCUT2D eigenvalue weighted by molar-refractivity contribution is -0.0628. The molecule has 2 aliphatic rings. The number of thiazole rings is 1. The highest BCUT2D eigenvalue weighted by atomic mass is 32.1. The summed E-state index contributed by atoms with van der Waals surface area (Å²) in [6, 6.07) is 10.7. The second-order valence-corrected chi connectivity index (χ2v) is 9.44. The fourth-order valence-corrected chi connectivity index (χ4v) is 5.27. The maximum absolute atomic E-state index is 12.8. The number of rotatable bonds is 5. The van der Waals surface area contributed by atoms with E-state index in [-0.39, 0.29) is 12.0 Å². The first-order chi connectivity index (χ1) is 14.1. The van der Waals surface area contributed by atoms with E-state index in [1.165, 1.54) is 16.9 Å².